The van der Waals surface area contributed by atoms with Crippen LogP contribution in [0, 0.1) is 0 Å². The van der Waals surface area contributed by atoms with Crippen LogP contribution in [0.25, 0.3) is 0 Å². The zero-order valence-corrected chi connectivity index (χ0v) is 10.4. The van der Waals surface area contributed by atoms with E-state index in [1.165, 1.54) is 29.7 Å². The molecule has 0 radical (unpaired) electrons. The molecule has 1 aromatic heterocycles. The van der Waals surface area contributed by atoms with Crippen LogP contribution in [-0.2, 0) is 19.3 Å². The lowest BCUT2D eigenvalue weighted by atomic mass is 9.97. The van der Waals surface area contributed by atoms with Gasteiger partial charge in [-0.15, -0.1) is 0 Å². The molecule has 0 saturated carbocycles. The summed E-state index contributed by atoms with van der Waals surface area (Å²) in [5, 5.41) is 0. The van der Waals surface area contributed by atoms with E-state index in [4.69, 9.17) is 5.73 Å². The van der Waals surface area contributed by atoms with E-state index in [1.807, 2.05) is 24.4 Å². The highest BCUT2D eigenvalue weighted by Crippen LogP contribution is 2.19. The van der Waals surface area contributed by atoms with Crippen molar-refractivity contribution in [3.63, 3.8) is 0 Å². The summed E-state index contributed by atoms with van der Waals surface area (Å²) in [6.45, 7) is 0. The summed E-state index contributed by atoms with van der Waals surface area (Å²) >= 11 is 0. The number of fused-ring (bicyclic) bond motifs is 1. The minimum atomic E-state index is 0.762. The Hall–Kier alpha value is -1.90. The lowest BCUT2D eigenvalue weighted by Crippen LogP contribution is -2.09. The van der Waals surface area contributed by atoms with Crippen LogP contribution in [0.1, 0.15) is 35.5 Å². The van der Waals surface area contributed by atoms with Crippen molar-refractivity contribution < 1.29 is 0 Å². The molecule has 1 heterocycles. The number of nitrogens with zero attached hydrogens (tertiary/aromatic N) is 2. The summed E-state index contributed by atoms with van der Waals surface area (Å²) in [5.74, 6) is 0.904. The van der Waals surface area contributed by atoms with Gasteiger partial charge in [-0.2, -0.15) is 0 Å². The zero-order chi connectivity index (χ0) is 12.4. The second-order valence-electron chi connectivity index (χ2n) is 4.89. The molecule has 0 atom stereocenters. The van der Waals surface area contributed by atoms with Crippen LogP contribution in [0.4, 0.5) is 5.69 Å². The van der Waals surface area contributed by atoms with Crippen LogP contribution >= 0.6 is 0 Å². The van der Waals surface area contributed by atoms with Gasteiger partial charge >= 0.3 is 0 Å². The van der Waals surface area contributed by atoms with Crippen LogP contribution in [0.2, 0.25) is 0 Å². The monoisotopic (exact) mass is 239 g/mol. The van der Waals surface area contributed by atoms with Crippen molar-refractivity contribution in [2.24, 2.45) is 0 Å². The van der Waals surface area contributed by atoms with Gasteiger partial charge in [-0.3, -0.25) is 0 Å². The van der Waals surface area contributed by atoms with Crippen molar-refractivity contribution in [2.45, 2.75) is 32.1 Å². The van der Waals surface area contributed by atoms with Crippen molar-refractivity contribution in [1.82, 2.24) is 9.97 Å². The first-order chi connectivity index (χ1) is 8.81. The number of hydrogen-bond acceptors (Lipinski definition) is 3. The fourth-order valence-corrected chi connectivity index (χ4v) is 2.49. The molecule has 2 N–H and O–H groups in total. The molecule has 0 unspecified atom stereocenters. The van der Waals surface area contributed by atoms with Crippen molar-refractivity contribution in [2.75, 3.05) is 5.73 Å². The molecule has 2 aromatic rings. The molecule has 3 rings (SSSR count). The molecule has 0 amide bonds. The Morgan fingerprint density at radius 2 is 2.06 bits per heavy atom. The summed E-state index contributed by atoms with van der Waals surface area (Å²) in [7, 11) is 0. The fourth-order valence-electron chi connectivity index (χ4n) is 2.49. The van der Waals surface area contributed by atoms with Gasteiger partial charge in [-0.1, -0.05) is 12.1 Å². The predicted molar refractivity (Wildman–Crippen MR) is 72.3 cm³/mol. The maximum Gasteiger partial charge on any atom is 0.132 e. The van der Waals surface area contributed by atoms with Gasteiger partial charge in [0.15, 0.2) is 0 Å². The first kappa shape index (κ1) is 11.2. The Kier molecular flexibility index (Phi) is 2.97. The lowest BCUT2D eigenvalue weighted by molar-refractivity contribution is 0.655. The molecule has 0 bridgehead atoms. The van der Waals surface area contributed by atoms with Crippen molar-refractivity contribution >= 4 is 5.69 Å². The van der Waals surface area contributed by atoms with Crippen LogP contribution in [0.3, 0.4) is 0 Å². The highest BCUT2D eigenvalue weighted by molar-refractivity contribution is 5.41. The number of nitrogen functional groups attached to an aromatic ring is 1. The molecular weight excluding hydrogens is 222 g/mol. The second-order valence-corrected chi connectivity index (χ2v) is 4.89. The molecule has 92 valence electrons. The number of benzene rings is 1. The van der Waals surface area contributed by atoms with E-state index in [-0.39, 0.29) is 0 Å². The molecule has 18 heavy (non-hydrogen) atoms. The number of aromatic nitrogens is 2. The molecule has 1 aliphatic rings. The van der Waals surface area contributed by atoms with Crippen LogP contribution in [-0.4, -0.2) is 9.97 Å². The van der Waals surface area contributed by atoms with E-state index < -0.39 is 0 Å². The van der Waals surface area contributed by atoms with Gasteiger partial charge in [-0.25, -0.2) is 9.97 Å². The van der Waals surface area contributed by atoms with Crippen LogP contribution in [0.15, 0.2) is 30.5 Å². The van der Waals surface area contributed by atoms with Gasteiger partial charge in [-0.05, 0) is 48.9 Å². The SMILES string of the molecule is Nc1cccc(Cc2ncc3c(n2)CCCC3)c1. The number of anilines is 1. The number of aryl methyl sites for hydroxylation is 2. The first-order valence-corrected chi connectivity index (χ1v) is 6.49. The average molecular weight is 239 g/mol. The van der Waals surface area contributed by atoms with Gasteiger partial charge < -0.3 is 5.73 Å². The van der Waals surface area contributed by atoms with E-state index in [9.17, 15) is 0 Å². The van der Waals surface area contributed by atoms with Crippen LogP contribution < -0.4 is 5.73 Å². The Labute approximate surface area is 107 Å². The average Bonchev–Trinajstić information content (AvgIpc) is 2.39. The standard InChI is InChI=1S/C15H17N3/c16-13-6-3-4-11(8-13)9-15-17-10-12-5-1-2-7-14(12)18-15/h3-4,6,8,10H,1-2,5,7,9,16H2. The van der Waals surface area contributed by atoms with E-state index in [1.54, 1.807) is 0 Å². The Balaban J connectivity index is 1.85. The Morgan fingerprint density at radius 3 is 2.94 bits per heavy atom. The third kappa shape index (κ3) is 2.35. The summed E-state index contributed by atoms with van der Waals surface area (Å²) in [6, 6.07) is 7.93. The zero-order valence-electron chi connectivity index (χ0n) is 10.4. The Morgan fingerprint density at radius 1 is 1.17 bits per heavy atom. The third-order valence-electron chi connectivity index (χ3n) is 3.43. The van der Waals surface area contributed by atoms with Crippen molar-refractivity contribution in [1.29, 1.82) is 0 Å². The van der Waals surface area contributed by atoms with Gasteiger partial charge in [0.25, 0.3) is 0 Å². The minimum absolute atomic E-state index is 0.762. The first-order valence-electron chi connectivity index (χ1n) is 6.49. The Bertz CT molecular complexity index is 563. The smallest absolute Gasteiger partial charge is 0.132 e. The van der Waals surface area contributed by atoms with Crippen molar-refractivity contribution in [3.05, 3.63) is 53.1 Å². The lowest BCUT2D eigenvalue weighted by Gasteiger charge is -2.14. The van der Waals surface area contributed by atoms with Crippen molar-refractivity contribution in [3.8, 4) is 0 Å². The molecule has 1 aliphatic carbocycles. The molecule has 0 saturated heterocycles. The third-order valence-corrected chi connectivity index (χ3v) is 3.43. The molecule has 0 fully saturated rings. The molecule has 1 aromatic carbocycles. The molecular formula is C15H17N3. The number of hydrogen-bond donors (Lipinski definition) is 1. The topological polar surface area (TPSA) is 51.8 Å². The fraction of sp³-hybridized carbons (Fsp3) is 0.333. The quantitative estimate of drug-likeness (QED) is 0.819. The minimum Gasteiger partial charge on any atom is -0.399 e. The summed E-state index contributed by atoms with van der Waals surface area (Å²) < 4.78 is 0. The van der Waals surface area contributed by atoms with E-state index >= 15 is 0 Å². The molecule has 0 aliphatic heterocycles. The normalized spacial score (nSPS) is 14.2. The van der Waals surface area contributed by atoms with E-state index in [0.717, 1.165) is 30.8 Å². The van der Waals surface area contributed by atoms with E-state index in [0.29, 0.717) is 0 Å². The van der Waals surface area contributed by atoms with Crippen LogP contribution in [0.5, 0.6) is 0 Å². The summed E-state index contributed by atoms with van der Waals surface area (Å²) in [6.07, 6.45) is 7.52. The second kappa shape index (κ2) is 4.77. The maximum atomic E-state index is 5.78. The summed E-state index contributed by atoms with van der Waals surface area (Å²) in [4.78, 5) is 9.15. The van der Waals surface area contributed by atoms with Gasteiger partial charge in [0, 0.05) is 24.0 Å². The largest absolute Gasteiger partial charge is 0.399 e. The summed E-state index contributed by atoms with van der Waals surface area (Å²) in [5.41, 5.74) is 10.3. The highest BCUT2D eigenvalue weighted by Gasteiger charge is 2.12. The maximum absolute atomic E-state index is 5.78. The van der Waals surface area contributed by atoms with Gasteiger partial charge in [0.05, 0.1) is 0 Å². The van der Waals surface area contributed by atoms with E-state index in [2.05, 4.69) is 16.0 Å². The van der Waals surface area contributed by atoms with Gasteiger partial charge in [0.1, 0.15) is 5.82 Å². The van der Waals surface area contributed by atoms with Gasteiger partial charge in [0.2, 0.25) is 0 Å². The molecule has 3 nitrogen and oxygen atoms in total. The highest BCUT2D eigenvalue weighted by atomic mass is 14.9. The number of rotatable bonds is 2. The number of nitrogens with two attached hydrogens (primary N) is 1. The predicted octanol–water partition coefficient (Wildman–Crippen LogP) is 2.53. The molecule has 3 heteroatoms. The molecule has 0 spiro atoms.